The molecule has 0 amide bonds. The normalized spacial score (nSPS) is 11.7. The van der Waals surface area contributed by atoms with Crippen LogP contribution in [0.4, 0.5) is 19.0 Å². The molecule has 0 aromatic carbocycles. The van der Waals surface area contributed by atoms with Gasteiger partial charge in [0.15, 0.2) is 0 Å². The summed E-state index contributed by atoms with van der Waals surface area (Å²) in [7, 11) is 0. The van der Waals surface area contributed by atoms with Crippen molar-refractivity contribution in [3.05, 3.63) is 35.9 Å². The summed E-state index contributed by atoms with van der Waals surface area (Å²) in [4.78, 5) is 8.40. The molecule has 1 N–H and O–H groups in total. The Morgan fingerprint density at radius 1 is 1.24 bits per heavy atom. The summed E-state index contributed by atoms with van der Waals surface area (Å²) in [6.45, 7) is 4.30. The molecular weight excluding hydrogens is 281 g/mol. The van der Waals surface area contributed by atoms with Crippen molar-refractivity contribution in [2.24, 2.45) is 0 Å². The van der Waals surface area contributed by atoms with Crippen molar-refractivity contribution >= 4 is 5.82 Å². The zero-order chi connectivity index (χ0) is 15.5. The van der Waals surface area contributed by atoms with Gasteiger partial charge in [-0.25, -0.2) is 9.97 Å². The Balaban J connectivity index is 2.51. The number of hydrogen-bond donors (Lipinski definition) is 1. The molecule has 0 atom stereocenters. The van der Waals surface area contributed by atoms with E-state index in [1.54, 1.807) is 23.9 Å². The summed E-state index contributed by atoms with van der Waals surface area (Å²) in [5, 5.41) is 2.83. The smallest absolute Gasteiger partial charge is 0.370 e. The quantitative estimate of drug-likeness (QED) is 0.916. The predicted molar refractivity (Wildman–Crippen MR) is 74.5 cm³/mol. The van der Waals surface area contributed by atoms with Gasteiger partial charge < -0.3 is 5.32 Å². The second kappa shape index (κ2) is 6.15. The van der Waals surface area contributed by atoms with Crippen molar-refractivity contribution in [2.45, 2.75) is 32.9 Å². The van der Waals surface area contributed by atoms with E-state index in [0.29, 0.717) is 18.8 Å². The second-order valence-electron chi connectivity index (χ2n) is 4.59. The summed E-state index contributed by atoms with van der Waals surface area (Å²) in [5.74, 6) is 1.13. The number of aryl methyl sites for hydroxylation is 1. The number of nitrogens with one attached hydrogen (secondary N) is 1. The largest absolute Gasteiger partial charge is 0.416 e. The SMILES string of the molecule is CCCc1nccn1-c1cc(C(F)(F)F)cc(NCC)n1. The molecule has 0 saturated carbocycles. The number of aromatic nitrogens is 3. The molecule has 2 aromatic rings. The molecule has 0 unspecified atom stereocenters. The standard InChI is InChI=1S/C14H17F3N4/c1-3-5-12-19-6-7-21(12)13-9-10(14(15,16)17)8-11(20-13)18-4-2/h6-9H,3-5H2,1-2H3,(H,18,20). The molecule has 2 rings (SSSR count). The summed E-state index contributed by atoms with van der Waals surface area (Å²) < 4.78 is 40.6. The van der Waals surface area contributed by atoms with Gasteiger partial charge in [-0.15, -0.1) is 0 Å². The van der Waals surface area contributed by atoms with Gasteiger partial charge >= 0.3 is 6.18 Å². The molecular formula is C14H17F3N4. The lowest BCUT2D eigenvalue weighted by atomic mass is 10.2. The van der Waals surface area contributed by atoms with E-state index in [1.807, 2.05) is 6.92 Å². The van der Waals surface area contributed by atoms with Gasteiger partial charge in [-0.1, -0.05) is 6.92 Å². The molecule has 0 aliphatic rings. The van der Waals surface area contributed by atoms with Gasteiger partial charge in [0.25, 0.3) is 0 Å². The van der Waals surface area contributed by atoms with E-state index < -0.39 is 11.7 Å². The van der Waals surface area contributed by atoms with Crippen LogP contribution in [-0.4, -0.2) is 21.1 Å². The minimum Gasteiger partial charge on any atom is -0.370 e. The molecule has 2 aromatic heterocycles. The average molecular weight is 298 g/mol. The van der Waals surface area contributed by atoms with Gasteiger partial charge in [0.2, 0.25) is 0 Å². The van der Waals surface area contributed by atoms with Crippen LogP contribution >= 0.6 is 0 Å². The van der Waals surface area contributed by atoms with E-state index in [-0.39, 0.29) is 11.6 Å². The zero-order valence-electron chi connectivity index (χ0n) is 11.9. The Labute approximate surface area is 121 Å². The molecule has 0 spiro atoms. The topological polar surface area (TPSA) is 42.7 Å². The van der Waals surface area contributed by atoms with Crippen molar-refractivity contribution in [3.63, 3.8) is 0 Å². The van der Waals surface area contributed by atoms with E-state index >= 15 is 0 Å². The number of pyridine rings is 1. The molecule has 0 aliphatic heterocycles. The first-order chi connectivity index (χ1) is 9.95. The number of hydrogen-bond acceptors (Lipinski definition) is 3. The molecule has 0 fully saturated rings. The van der Waals surface area contributed by atoms with Crippen LogP contribution in [0.1, 0.15) is 31.7 Å². The molecule has 7 heteroatoms. The molecule has 114 valence electrons. The minimum atomic E-state index is -4.41. The van der Waals surface area contributed by atoms with Crippen molar-refractivity contribution in [1.29, 1.82) is 0 Å². The molecule has 4 nitrogen and oxygen atoms in total. The molecule has 2 heterocycles. The molecule has 0 aliphatic carbocycles. The van der Waals surface area contributed by atoms with Gasteiger partial charge in [0.05, 0.1) is 5.56 Å². The van der Waals surface area contributed by atoms with Crippen LogP contribution in [0.25, 0.3) is 5.82 Å². The van der Waals surface area contributed by atoms with Gasteiger partial charge in [0.1, 0.15) is 17.5 Å². The van der Waals surface area contributed by atoms with Crippen LogP contribution in [0.2, 0.25) is 0 Å². The Morgan fingerprint density at radius 2 is 2.00 bits per heavy atom. The van der Waals surface area contributed by atoms with Crippen LogP contribution in [0.5, 0.6) is 0 Å². The Kier molecular flexibility index (Phi) is 4.50. The highest BCUT2D eigenvalue weighted by molar-refractivity contribution is 5.45. The van der Waals surface area contributed by atoms with E-state index in [4.69, 9.17) is 0 Å². The number of nitrogens with zero attached hydrogens (tertiary/aromatic N) is 3. The van der Waals surface area contributed by atoms with Crippen LogP contribution in [0.3, 0.4) is 0 Å². The third kappa shape index (κ3) is 3.53. The van der Waals surface area contributed by atoms with E-state index in [9.17, 15) is 13.2 Å². The molecule has 21 heavy (non-hydrogen) atoms. The lowest BCUT2D eigenvalue weighted by Crippen LogP contribution is -2.11. The van der Waals surface area contributed by atoms with Gasteiger partial charge in [0, 0.05) is 25.4 Å². The maximum absolute atomic E-state index is 13.0. The minimum absolute atomic E-state index is 0.207. The molecule has 0 saturated heterocycles. The lowest BCUT2D eigenvalue weighted by Gasteiger charge is -2.13. The fraction of sp³-hybridized carbons (Fsp3) is 0.429. The van der Waals surface area contributed by atoms with E-state index in [0.717, 1.165) is 18.6 Å². The van der Waals surface area contributed by atoms with Crippen molar-refractivity contribution in [2.75, 3.05) is 11.9 Å². The zero-order valence-corrected chi connectivity index (χ0v) is 11.9. The summed E-state index contributed by atoms with van der Waals surface area (Å²) >= 11 is 0. The predicted octanol–water partition coefficient (Wildman–Crippen LogP) is 3.67. The summed E-state index contributed by atoms with van der Waals surface area (Å²) in [5.41, 5.74) is -0.723. The molecule has 0 bridgehead atoms. The van der Waals surface area contributed by atoms with Crippen LogP contribution in [0, 0.1) is 0 Å². The first-order valence-corrected chi connectivity index (χ1v) is 6.81. The Hall–Kier alpha value is -2.05. The second-order valence-corrected chi connectivity index (χ2v) is 4.59. The third-order valence-corrected chi connectivity index (χ3v) is 2.93. The number of rotatable bonds is 5. The average Bonchev–Trinajstić information content (AvgIpc) is 2.86. The highest BCUT2D eigenvalue weighted by atomic mass is 19.4. The van der Waals surface area contributed by atoms with Crippen LogP contribution in [-0.2, 0) is 12.6 Å². The lowest BCUT2D eigenvalue weighted by molar-refractivity contribution is -0.137. The first-order valence-electron chi connectivity index (χ1n) is 6.81. The maximum atomic E-state index is 13.0. The Morgan fingerprint density at radius 3 is 2.62 bits per heavy atom. The highest BCUT2D eigenvalue weighted by Crippen LogP contribution is 2.31. The fourth-order valence-corrected chi connectivity index (χ4v) is 2.03. The number of imidazole rings is 1. The maximum Gasteiger partial charge on any atom is 0.416 e. The number of halogens is 3. The monoisotopic (exact) mass is 298 g/mol. The summed E-state index contributed by atoms with van der Waals surface area (Å²) in [6, 6.07) is 2.06. The van der Waals surface area contributed by atoms with Crippen LogP contribution in [0.15, 0.2) is 24.5 Å². The van der Waals surface area contributed by atoms with Gasteiger partial charge in [-0.3, -0.25) is 4.57 Å². The fourth-order valence-electron chi connectivity index (χ4n) is 2.03. The number of anilines is 1. The van der Waals surface area contributed by atoms with E-state index in [1.165, 1.54) is 0 Å². The highest BCUT2D eigenvalue weighted by Gasteiger charge is 2.32. The van der Waals surface area contributed by atoms with Gasteiger partial charge in [-0.05, 0) is 25.5 Å². The molecule has 0 radical (unpaired) electrons. The first kappa shape index (κ1) is 15.3. The van der Waals surface area contributed by atoms with Crippen LogP contribution < -0.4 is 5.32 Å². The van der Waals surface area contributed by atoms with Crippen molar-refractivity contribution in [3.8, 4) is 5.82 Å². The van der Waals surface area contributed by atoms with Gasteiger partial charge in [-0.2, -0.15) is 13.2 Å². The van der Waals surface area contributed by atoms with Crippen molar-refractivity contribution < 1.29 is 13.2 Å². The summed E-state index contributed by atoms with van der Waals surface area (Å²) in [6.07, 6.45) is 0.327. The third-order valence-electron chi connectivity index (χ3n) is 2.93. The van der Waals surface area contributed by atoms with E-state index in [2.05, 4.69) is 15.3 Å². The number of alkyl halides is 3. The van der Waals surface area contributed by atoms with Crippen molar-refractivity contribution in [1.82, 2.24) is 14.5 Å². The Bertz CT molecular complexity index is 605.